The van der Waals surface area contributed by atoms with E-state index >= 15 is 0 Å². The van der Waals surface area contributed by atoms with E-state index in [1.54, 1.807) is 0 Å². The molecule has 0 saturated carbocycles. The van der Waals surface area contributed by atoms with Gasteiger partial charge in [0.1, 0.15) is 0 Å². The highest BCUT2D eigenvalue weighted by atomic mass is 14.8. The van der Waals surface area contributed by atoms with Gasteiger partial charge < -0.3 is 34.4 Å². The second-order valence-corrected chi connectivity index (χ2v) is 6.54. The lowest BCUT2D eigenvalue weighted by Gasteiger charge is -2.50. The second-order valence-electron chi connectivity index (χ2n) is 6.54. The summed E-state index contributed by atoms with van der Waals surface area (Å²) in [6.45, 7) is 3.32. The molecule has 0 spiro atoms. The number of hydrogen-bond donors (Lipinski definition) is 6. The Hall–Kier alpha value is -0.240. The molecule has 0 aromatic carbocycles. The van der Waals surface area contributed by atoms with E-state index in [2.05, 4.69) is 0 Å². The molecule has 12 N–H and O–H groups in total. The molecule has 0 amide bonds. The summed E-state index contributed by atoms with van der Waals surface area (Å²) in [5.41, 5.74) is 35.6. The molecule has 0 rings (SSSR count). The van der Waals surface area contributed by atoms with Crippen LogP contribution in [0.1, 0.15) is 57.8 Å². The van der Waals surface area contributed by atoms with Crippen LogP contribution in [0.2, 0.25) is 0 Å². The summed E-state index contributed by atoms with van der Waals surface area (Å²) < 4.78 is 0. The maximum atomic E-state index is 6.97. The van der Waals surface area contributed by atoms with Crippen LogP contribution in [0.5, 0.6) is 0 Å². The first-order chi connectivity index (χ1) is 10.6. The Morgan fingerprint density at radius 1 is 0.455 bits per heavy atom. The van der Waals surface area contributed by atoms with Gasteiger partial charge in [0, 0.05) is 5.54 Å². The summed E-state index contributed by atoms with van der Waals surface area (Å²) in [5.74, 6) is 0. The van der Waals surface area contributed by atoms with Crippen molar-refractivity contribution in [1.82, 2.24) is 0 Å². The van der Waals surface area contributed by atoms with Gasteiger partial charge in [-0.2, -0.15) is 0 Å². The van der Waals surface area contributed by atoms with E-state index in [4.69, 9.17) is 34.4 Å². The van der Waals surface area contributed by atoms with E-state index in [1.165, 1.54) is 0 Å². The lowest BCUT2D eigenvalue weighted by atomic mass is 9.59. The molecule has 0 unspecified atom stereocenters. The van der Waals surface area contributed by atoms with Crippen LogP contribution in [0.3, 0.4) is 0 Å². The van der Waals surface area contributed by atoms with Crippen molar-refractivity contribution in [2.45, 2.75) is 63.3 Å². The van der Waals surface area contributed by atoms with Crippen molar-refractivity contribution < 1.29 is 0 Å². The summed E-state index contributed by atoms with van der Waals surface area (Å²) in [5, 5.41) is 0. The summed E-state index contributed by atoms with van der Waals surface area (Å²) in [7, 11) is 0. The summed E-state index contributed by atoms with van der Waals surface area (Å²) in [6, 6.07) is 0. The summed E-state index contributed by atoms with van der Waals surface area (Å²) >= 11 is 0. The zero-order valence-electron chi connectivity index (χ0n) is 14.4. The van der Waals surface area contributed by atoms with E-state index in [0.717, 1.165) is 57.8 Å². The van der Waals surface area contributed by atoms with E-state index < -0.39 is 0 Å². The minimum Gasteiger partial charge on any atom is -0.330 e. The molecule has 0 aliphatic carbocycles. The van der Waals surface area contributed by atoms with Crippen LogP contribution in [-0.4, -0.2) is 38.3 Å². The first-order valence-corrected chi connectivity index (χ1v) is 8.85. The summed E-state index contributed by atoms with van der Waals surface area (Å²) in [6.07, 6.45) is 8.55. The largest absolute Gasteiger partial charge is 0.330 e. The zero-order valence-corrected chi connectivity index (χ0v) is 14.4. The Kier molecular flexibility index (Phi) is 12.1. The molecule has 0 saturated heterocycles. The van der Waals surface area contributed by atoms with Crippen molar-refractivity contribution >= 4 is 0 Å². The molecular weight excluding hydrogens is 276 g/mol. The monoisotopic (exact) mass is 316 g/mol. The quantitative estimate of drug-likeness (QED) is 0.249. The minimum atomic E-state index is -0.282. The zero-order chi connectivity index (χ0) is 16.9. The highest BCUT2D eigenvalue weighted by Crippen LogP contribution is 2.46. The molecule has 134 valence electrons. The molecule has 0 bridgehead atoms. The number of rotatable bonds is 15. The van der Waals surface area contributed by atoms with Crippen LogP contribution < -0.4 is 34.4 Å². The molecule has 0 aromatic heterocycles. The first kappa shape index (κ1) is 21.8. The lowest BCUT2D eigenvalue weighted by molar-refractivity contribution is 0.0614. The van der Waals surface area contributed by atoms with Gasteiger partial charge in [0.25, 0.3) is 0 Å². The Labute approximate surface area is 136 Å². The van der Waals surface area contributed by atoms with Crippen molar-refractivity contribution in [3.63, 3.8) is 0 Å². The molecule has 6 heteroatoms. The van der Waals surface area contributed by atoms with Gasteiger partial charge in [-0.15, -0.1) is 0 Å². The van der Waals surface area contributed by atoms with Gasteiger partial charge in [-0.05, 0) is 95.9 Å². The Bertz CT molecular complexity index is 243. The van der Waals surface area contributed by atoms with Crippen LogP contribution in [-0.2, 0) is 0 Å². The first-order valence-electron chi connectivity index (χ1n) is 8.85. The van der Waals surface area contributed by atoms with Gasteiger partial charge in [-0.1, -0.05) is 0 Å². The van der Waals surface area contributed by atoms with E-state index in [1.807, 2.05) is 0 Å². The second kappa shape index (κ2) is 12.2. The smallest absolute Gasteiger partial charge is 0.0212 e. The molecule has 0 aliphatic heterocycles. The van der Waals surface area contributed by atoms with Crippen molar-refractivity contribution in [3.05, 3.63) is 0 Å². The van der Waals surface area contributed by atoms with Gasteiger partial charge >= 0.3 is 0 Å². The van der Waals surface area contributed by atoms with Gasteiger partial charge in [0.15, 0.2) is 0 Å². The predicted molar refractivity (Wildman–Crippen MR) is 96.2 cm³/mol. The third-order valence-corrected chi connectivity index (χ3v) is 5.05. The van der Waals surface area contributed by atoms with Crippen molar-refractivity contribution in [2.24, 2.45) is 39.8 Å². The SMILES string of the molecule is NCCCC(N)(CCCN)C(CCN)(CCCN)CCCN. The van der Waals surface area contributed by atoms with Crippen molar-refractivity contribution in [2.75, 3.05) is 32.7 Å². The lowest BCUT2D eigenvalue weighted by Crippen LogP contribution is -2.57. The topological polar surface area (TPSA) is 156 Å². The molecular formula is C16H40N6. The Morgan fingerprint density at radius 3 is 1.14 bits per heavy atom. The summed E-state index contributed by atoms with van der Waals surface area (Å²) in [4.78, 5) is 0. The average molecular weight is 317 g/mol. The number of hydrogen-bond acceptors (Lipinski definition) is 6. The molecule has 0 aromatic rings. The highest BCUT2D eigenvalue weighted by Gasteiger charge is 2.45. The molecule has 0 heterocycles. The molecule has 0 radical (unpaired) electrons. The third kappa shape index (κ3) is 6.48. The molecule has 0 aliphatic rings. The van der Waals surface area contributed by atoms with Gasteiger partial charge in [0.2, 0.25) is 0 Å². The molecule has 0 atom stereocenters. The maximum Gasteiger partial charge on any atom is 0.0212 e. The Balaban J connectivity index is 5.41. The fraction of sp³-hybridized carbons (Fsp3) is 1.00. The maximum absolute atomic E-state index is 6.97. The molecule has 6 nitrogen and oxygen atoms in total. The standard InChI is InChI=1S/C16H40N6/c17-10-1-5-15(9-14-21,6-2-11-18)16(22,7-3-12-19)8-4-13-20/h1-14,17-22H2. The minimum absolute atomic E-state index is 0.00910. The molecule has 22 heavy (non-hydrogen) atoms. The predicted octanol–water partition coefficient (Wildman–Crippen LogP) is -0.0253. The van der Waals surface area contributed by atoms with Crippen LogP contribution in [0.15, 0.2) is 0 Å². The van der Waals surface area contributed by atoms with Crippen molar-refractivity contribution in [1.29, 1.82) is 0 Å². The van der Waals surface area contributed by atoms with Gasteiger partial charge in [0.05, 0.1) is 0 Å². The fourth-order valence-corrected chi connectivity index (χ4v) is 3.77. The fourth-order valence-electron chi connectivity index (χ4n) is 3.77. The molecule has 0 fully saturated rings. The van der Waals surface area contributed by atoms with E-state index in [9.17, 15) is 0 Å². The van der Waals surface area contributed by atoms with Crippen LogP contribution in [0.25, 0.3) is 0 Å². The van der Waals surface area contributed by atoms with E-state index in [-0.39, 0.29) is 11.0 Å². The Morgan fingerprint density at radius 2 is 0.818 bits per heavy atom. The highest BCUT2D eigenvalue weighted by molar-refractivity contribution is 5.02. The van der Waals surface area contributed by atoms with Crippen LogP contribution in [0.4, 0.5) is 0 Å². The third-order valence-electron chi connectivity index (χ3n) is 5.05. The van der Waals surface area contributed by atoms with Gasteiger partial charge in [-0.3, -0.25) is 0 Å². The van der Waals surface area contributed by atoms with Gasteiger partial charge in [-0.25, -0.2) is 0 Å². The normalized spacial score (nSPS) is 12.8. The number of nitrogens with two attached hydrogens (primary N) is 6. The van der Waals surface area contributed by atoms with E-state index in [0.29, 0.717) is 32.7 Å². The van der Waals surface area contributed by atoms with Crippen LogP contribution >= 0.6 is 0 Å². The van der Waals surface area contributed by atoms with Crippen LogP contribution in [0, 0.1) is 5.41 Å². The van der Waals surface area contributed by atoms with Crippen molar-refractivity contribution in [3.8, 4) is 0 Å². The average Bonchev–Trinajstić information content (AvgIpc) is 2.53.